The Kier molecular flexibility index (Phi) is 4.74. The molecule has 1 aromatic rings. The average Bonchev–Trinajstić information content (AvgIpc) is 2.93. The average molecular weight is 440 g/mol. The zero-order chi connectivity index (χ0) is 18.5. The first-order chi connectivity index (χ1) is 11.7. The summed E-state index contributed by atoms with van der Waals surface area (Å²) in [4.78, 5) is 39.4. The van der Waals surface area contributed by atoms with E-state index < -0.39 is 18.4 Å². The summed E-state index contributed by atoms with van der Waals surface area (Å²) in [6.07, 6.45) is 0. The highest BCUT2D eigenvalue weighted by molar-refractivity contribution is 9.10. The van der Waals surface area contributed by atoms with Gasteiger partial charge in [0.15, 0.2) is 0 Å². The van der Waals surface area contributed by atoms with Crippen molar-refractivity contribution in [2.75, 3.05) is 11.4 Å². The number of nitrogens with zero attached hydrogens (tertiary/aromatic N) is 2. The number of anilines is 1. The Bertz CT molecular complexity index is 866. The summed E-state index contributed by atoms with van der Waals surface area (Å²) in [6, 6.07) is 4.90. The van der Waals surface area contributed by atoms with Crippen LogP contribution in [0.5, 0.6) is 0 Å². The molecule has 0 saturated carbocycles. The smallest absolute Gasteiger partial charge is 0.267 e. The Morgan fingerprint density at radius 2 is 2.00 bits per heavy atom. The number of fused-ring (bicyclic) bond motifs is 1. The molecule has 0 bridgehead atoms. The van der Waals surface area contributed by atoms with Crippen LogP contribution in [-0.4, -0.2) is 39.6 Å². The molecule has 0 spiro atoms. The lowest BCUT2D eigenvalue weighted by atomic mass is 10.1. The maximum absolute atomic E-state index is 12.9. The molecule has 1 aromatic carbocycles. The zero-order valence-electron chi connectivity index (χ0n) is 13.2. The summed E-state index contributed by atoms with van der Waals surface area (Å²) in [5, 5.41) is 11.0. The molecular formula is C16H12BrN2O4S2-. The van der Waals surface area contributed by atoms with E-state index in [2.05, 4.69) is 15.9 Å². The number of carbonyl (C=O) groups is 3. The largest absolute Gasteiger partial charge is 0.548 e. The van der Waals surface area contributed by atoms with Crippen molar-refractivity contribution in [3.05, 3.63) is 33.1 Å². The molecule has 0 unspecified atom stereocenters. The van der Waals surface area contributed by atoms with Gasteiger partial charge in [-0.3, -0.25) is 14.5 Å². The van der Waals surface area contributed by atoms with Crippen LogP contribution in [0, 0.1) is 0 Å². The van der Waals surface area contributed by atoms with Gasteiger partial charge < -0.3 is 14.8 Å². The van der Waals surface area contributed by atoms with Crippen LogP contribution >= 0.6 is 39.9 Å². The van der Waals surface area contributed by atoms with Crippen LogP contribution in [0.1, 0.15) is 19.4 Å². The van der Waals surface area contributed by atoms with E-state index in [4.69, 9.17) is 12.2 Å². The third-order valence-corrected chi connectivity index (χ3v) is 5.70. The van der Waals surface area contributed by atoms with Gasteiger partial charge in [-0.1, -0.05) is 39.9 Å². The summed E-state index contributed by atoms with van der Waals surface area (Å²) in [5.41, 5.74) is 1.12. The second kappa shape index (κ2) is 6.54. The van der Waals surface area contributed by atoms with E-state index in [1.54, 1.807) is 18.2 Å². The normalized spacial score (nSPS) is 20.1. The van der Waals surface area contributed by atoms with Crippen molar-refractivity contribution in [2.45, 2.75) is 19.9 Å². The number of hydrogen-bond donors (Lipinski definition) is 0. The molecule has 2 aliphatic heterocycles. The summed E-state index contributed by atoms with van der Waals surface area (Å²) in [6.45, 7) is 3.09. The number of aliphatic carboxylic acids is 1. The van der Waals surface area contributed by atoms with Crippen molar-refractivity contribution in [1.29, 1.82) is 0 Å². The molecule has 25 heavy (non-hydrogen) atoms. The number of carbonyl (C=O) groups excluding carboxylic acids is 3. The quantitative estimate of drug-likeness (QED) is 0.524. The molecule has 2 aliphatic rings. The van der Waals surface area contributed by atoms with Crippen molar-refractivity contribution in [2.24, 2.45) is 0 Å². The number of benzene rings is 1. The number of thioether (sulfide) groups is 1. The van der Waals surface area contributed by atoms with Crippen molar-refractivity contribution in [3.63, 3.8) is 0 Å². The van der Waals surface area contributed by atoms with E-state index in [1.165, 1.54) is 4.90 Å². The molecule has 0 aromatic heterocycles. The third kappa shape index (κ3) is 3.00. The van der Waals surface area contributed by atoms with Gasteiger partial charge in [-0.2, -0.15) is 0 Å². The summed E-state index contributed by atoms with van der Waals surface area (Å²) < 4.78 is 1.09. The lowest BCUT2D eigenvalue weighted by Crippen LogP contribution is -2.40. The first-order valence-corrected chi connectivity index (χ1v) is 9.35. The third-order valence-electron chi connectivity index (χ3n) is 3.81. The van der Waals surface area contributed by atoms with Crippen LogP contribution in [0.4, 0.5) is 5.69 Å². The molecule has 2 heterocycles. The monoisotopic (exact) mass is 439 g/mol. The van der Waals surface area contributed by atoms with Crippen molar-refractivity contribution >= 4 is 73.3 Å². The Morgan fingerprint density at radius 1 is 1.32 bits per heavy atom. The lowest BCUT2D eigenvalue weighted by molar-refractivity contribution is -0.303. The van der Waals surface area contributed by atoms with E-state index >= 15 is 0 Å². The van der Waals surface area contributed by atoms with Gasteiger partial charge in [0.25, 0.3) is 11.8 Å². The SMILES string of the molecule is CC(C)N1C(=O)/C(=C2/C(=O)N(CC(=O)[O-])c3ccc(Br)cc32)SC1=S. The molecule has 0 atom stereocenters. The molecule has 130 valence electrons. The Hall–Kier alpha value is -1.71. The van der Waals surface area contributed by atoms with Crippen LogP contribution in [0.15, 0.2) is 27.6 Å². The van der Waals surface area contributed by atoms with Gasteiger partial charge in [0.05, 0.1) is 28.7 Å². The molecule has 9 heteroatoms. The minimum Gasteiger partial charge on any atom is -0.548 e. The Balaban J connectivity index is 2.19. The van der Waals surface area contributed by atoms with Gasteiger partial charge in [0.1, 0.15) is 4.32 Å². The predicted molar refractivity (Wildman–Crippen MR) is 101 cm³/mol. The van der Waals surface area contributed by atoms with Crippen molar-refractivity contribution in [1.82, 2.24) is 4.90 Å². The van der Waals surface area contributed by atoms with E-state index in [-0.39, 0.29) is 22.4 Å². The highest BCUT2D eigenvalue weighted by Crippen LogP contribution is 2.45. The second-order valence-electron chi connectivity index (χ2n) is 5.77. The molecule has 0 aliphatic carbocycles. The first-order valence-electron chi connectivity index (χ1n) is 7.33. The topological polar surface area (TPSA) is 80.8 Å². The molecule has 1 fully saturated rings. The maximum atomic E-state index is 12.9. The number of carboxylic acid groups (broad SMARTS) is 1. The first kappa shape index (κ1) is 18.1. The van der Waals surface area contributed by atoms with E-state index in [0.717, 1.165) is 16.7 Å². The maximum Gasteiger partial charge on any atom is 0.267 e. The van der Waals surface area contributed by atoms with Gasteiger partial charge in [0.2, 0.25) is 0 Å². The Morgan fingerprint density at radius 3 is 2.56 bits per heavy atom. The summed E-state index contributed by atoms with van der Waals surface area (Å²) in [7, 11) is 0. The van der Waals surface area contributed by atoms with Gasteiger partial charge in [-0.05, 0) is 32.0 Å². The van der Waals surface area contributed by atoms with E-state index in [0.29, 0.717) is 20.0 Å². The predicted octanol–water partition coefficient (Wildman–Crippen LogP) is 1.53. The fourth-order valence-electron chi connectivity index (χ4n) is 2.78. The molecular weight excluding hydrogens is 428 g/mol. The minimum atomic E-state index is -1.38. The minimum absolute atomic E-state index is 0.136. The summed E-state index contributed by atoms with van der Waals surface area (Å²) >= 11 is 9.67. The lowest BCUT2D eigenvalue weighted by Gasteiger charge is -2.18. The highest BCUT2D eigenvalue weighted by Gasteiger charge is 2.42. The number of hydrogen-bond acceptors (Lipinski definition) is 6. The van der Waals surface area contributed by atoms with Gasteiger partial charge in [-0.15, -0.1) is 0 Å². The molecule has 1 saturated heterocycles. The van der Waals surface area contributed by atoms with Crippen molar-refractivity contribution in [3.8, 4) is 0 Å². The van der Waals surface area contributed by atoms with Crippen LogP contribution in [0.25, 0.3) is 5.57 Å². The Labute approximate surface area is 162 Å². The van der Waals surface area contributed by atoms with Crippen LogP contribution in [0.2, 0.25) is 0 Å². The van der Waals surface area contributed by atoms with E-state index in [9.17, 15) is 19.5 Å². The molecule has 0 radical (unpaired) electrons. The van der Waals surface area contributed by atoms with Gasteiger partial charge >= 0.3 is 0 Å². The number of amides is 2. The highest BCUT2D eigenvalue weighted by atomic mass is 79.9. The van der Waals surface area contributed by atoms with Gasteiger partial charge in [0, 0.05) is 16.1 Å². The van der Waals surface area contributed by atoms with Crippen LogP contribution in [0.3, 0.4) is 0 Å². The van der Waals surface area contributed by atoms with Gasteiger partial charge in [-0.25, -0.2) is 0 Å². The number of halogens is 1. The number of rotatable bonds is 3. The number of carboxylic acids is 1. The zero-order valence-corrected chi connectivity index (χ0v) is 16.5. The van der Waals surface area contributed by atoms with E-state index in [1.807, 2.05) is 13.8 Å². The standard InChI is InChI=1S/C16H13BrN2O4S2/c1-7(2)19-15(23)13(25-16(19)24)12-9-5-8(17)3-4-10(9)18(14(12)22)6-11(20)21/h3-5,7H,6H2,1-2H3,(H,20,21)/p-1/b13-12-. The fourth-order valence-corrected chi connectivity index (χ4v) is 4.74. The van der Waals surface area contributed by atoms with Crippen LogP contribution in [-0.2, 0) is 14.4 Å². The summed E-state index contributed by atoms with van der Waals surface area (Å²) in [5.74, 6) is -2.26. The molecule has 0 N–H and O–H groups in total. The number of thiocarbonyl (C=S) groups is 1. The molecule has 6 nitrogen and oxygen atoms in total. The fraction of sp³-hybridized carbons (Fsp3) is 0.250. The van der Waals surface area contributed by atoms with Crippen LogP contribution < -0.4 is 10.0 Å². The second-order valence-corrected chi connectivity index (χ2v) is 8.33. The molecule has 2 amide bonds. The molecule has 3 rings (SSSR count). The van der Waals surface area contributed by atoms with Crippen molar-refractivity contribution < 1.29 is 19.5 Å².